The average Bonchev–Trinajstić information content (AvgIpc) is 2.28. The third kappa shape index (κ3) is 4.99. The summed E-state index contributed by atoms with van der Waals surface area (Å²) < 4.78 is 26.2. The van der Waals surface area contributed by atoms with E-state index in [1.807, 2.05) is 14.1 Å². The van der Waals surface area contributed by atoms with Crippen LogP contribution in [0.15, 0.2) is 23.2 Å². The van der Waals surface area contributed by atoms with Crippen LogP contribution in [0.4, 0.5) is 5.82 Å². The van der Waals surface area contributed by atoms with E-state index in [2.05, 4.69) is 14.6 Å². The van der Waals surface area contributed by atoms with E-state index in [0.717, 1.165) is 19.4 Å². The van der Waals surface area contributed by atoms with Crippen LogP contribution in [0.5, 0.6) is 0 Å². The molecule has 1 rings (SSSR count). The summed E-state index contributed by atoms with van der Waals surface area (Å²) in [7, 11) is 0.521. The monoisotopic (exact) mass is 272 g/mol. The first-order valence-electron chi connectivity index (χ1n) is 5.78. The normalized spacial score (nSPS) is 11.9. The van der Waals surface area contributed by atoms with Crippen molar-refractivity contribution < 1.29 is 8.42 Å². The number of nitrogens with zero attached hydrogens (tertiary/aromatic N) is 2. The molecule has 0 saturated carbocycles. The Balaban J connectivity index is 2.43. The summed E-state index contributed by atoms with van der Waals surface area (Å²) >= 11 is 0. The van der Waals surface area contributed by atoms with Gasteiger partial charge in [0.25, 0.3) is 0 Å². The number of hydrogen-bond donors (Lipinski definition) is 2. The molecule has 0 amide bonds. The Morgan fingerprint density at radius 1 is 1.33 bits per heavy atom. The molecule has 0 unspecified atom stereocenters. The molecule has 6 nitrogen and oxygen atoms in total. The highest BCUT2D eigenvalue weighted by Crippen LogP contribution is 2.08. The third-order valence-corrected chi connectivity index (χ3v) is 3.84. The number of unbranched alkanes of at least 4 members (excludes halogenated alkanes) is 1. The largest absolute Gasteiger partial charge is 0.384 e. The highest BCUT2D eigenvalue weighted by atomic mass is 32.2. The minimum Gasteiger partial charge on any atom is -0.384 e. The summed E-state index contributed by atoms with van der Waals surface area (Å²) in [5.41, 5.74) is 5.41. The van der Waals surface area contributed by atoms with Gasteiger partial charge in [-0.05, 0) is 45.6 Å². The maximum absolute atomic E-state index is 11.8. The molecule has 1 aromatic rings. The van der Waals surface area contributed by atoms with E-state index >= 15 is 0 Å². The molecule has 0 aliphatic carbocycles. The molecule has 0 radical (unpaired) electrons. The summed E-state index contributed by atoms with van der Waals surface area (Å²) in [6, 6.07) is 2.92. The predicted molar refractivity (Wildman–Crippen MR) is 71.6 cm³/mol. The van der Waals surface area contributed by atoms with E-state index in [1.165, 1.54) is 18.3 Å². The molecule has 0 aliphatic heterocycles. The molecule has 0 aliphatic rings. The lowest BCUT2D eigenvalue weighted by Gasteiger charge is -2.09. The van der Waals surface area contributed by atoms with Gasteiger partial charge in [0.15, 0.2) is 0 Å². The van der Waals surface area contributed by atoms with Crippen molar-refractivity contribution in [2.75, 3.05) is 32.9 Å². The predicted octanol–water partition coefficient (Wildman–Crippen LogP) is 0.284. The topological polar surface area (TPSA) is 88.3 Å². The second kappa shape index (κ2) is 6.67. The standard InChI is InChI=1S/C11H20N4O2S/c1-15(2)8-4-3-7-14-18(16,17)10-5-6-11(12)13-9-10/h5-6,9,14H,3-4,7-8H2,1-2H3,(H2,12,13). The molecule has 0 saturated heterocycles. The van der Waals surface area contributed by atoms with Crippen LogP contribution in [0.2, 0.25) is 0 Å². The summed E-state index contributed by atoms with van der Waals surface area (Å²) in [6.45, 7) is 1.38. The van der Waals surface area contributed by atoms with Crippen LogP contribution in [0, 0.1) is 0 Å². The molecular formula is C11H20N4O2S. The quantitative estimate of drug-likeness (QED) is 0.696. The van der Waals surface area contributed by atoms with Gasteiger partial charge in [0.05, 0.1) is 0 Å². The molecular weight excluding hydrogens is 252 g/mol. The van der Waals surface area contributed by atoms with E-state index in [1.54, 1.807) is 0 Å². The van der Waals surface area contributed by atoms with E-state index in [0.29, 0.717) is 12.4 Å². The van der Waals surface area contributed by atoms with Gasteiger partial charge in [-0.25, -0.2) is 18.1 Å². The Morgan fingerprint density at radius 3 is 2.61 bits per heavy atom. The summed E-state index contributed by atoms with van der Waals surface area (Å²) in [5.74, 6) is 0.305. The first-order valence-corrected chi connectivity index (χ1v) is 7.26. The van der Waals surface area contributed by atoms with Crippen LogP contribution in [0.1, 0.15) is 12.8 Å². The van der Waals surface area contributed by atoms with E-state index in [9.17, 15) is 8.42 Å². The lowest BCUT2D eigenvalue weighted by atomic mass is 10.3. The van der Waals surface area contributed by atoms with E-state index in [4.69, 9.17) is 5.73 Å². The van der Waals surface area contributed by atoms with Crippen molar-refractivity contribution in [2.24, 2.45) is 0 Å². The van der Waals surface area contributed by atoms with Crippen LogP contribution < -0.4 is 10.5 Å². The van der Waals surface area contributed by atoms with Crippen molar-refractivity contribution in [1.82, 2.24) is 14.6 Å². The number of anilines is 1. The first-order chi connectivity index (χ1) is 8.42. The van der Waals surface area contributed by atoms with Crippen LogP contribution in [0.25, 0.3) is 0 Å². The second-order valence-electron chi connectivity index (χ2n) is 4.33. The smallest absolute Gasteiger partial charge is 0.242 e. The molecule has 7 heteroatoms. The van der Waals surface area contributed by atoms with Crippen LogP contribution in [-0.4, -0.2) is 45.5 Å². The molecule has 0 fully saturated rings. The van der Waals surface area contributed by atoms with Crippen molar-refractivity contribution in [3.63, 3.8) is 0 Å². The fraction of sp³-hybridized carbons (Fsp3) is 0.545. The number of pyridine rings is 1. The Hall–Kier alpha value is -1.18. The number of nitrogens with one attached hydrogen (secondary N) is 1. The maximum atomic E-state index is 11.8. The van der Waals surface area contributed by atoms with Crippen molar-refractivity contribution >= 4 is 15.8 Å². The Bertz CT molecular complexity index is 456. The van der Waals surface area contributed by atoms with Crippen molar-refractivity contribution in [3.05, 3.63) is 18.3 Å². The molecule has 0 spiro atoms. The first kappa shape index (κ1) is 14.9. The maximum Gasteiger partial charge on any atom is 0.242 e. The zero-order chi connectivity index (χ0) is 13.6. The number of sulfonamides is 1. The molecule has 0 aromatic carbocycles. The minimum atomic E-state index is -3.46. The van der Waals surface area contributed by atoms with E-state index in [-0.39, 0.29) is 4.90 Å². The van der Waals surface area contributed by atoms with Crippen molar-refractivity contribution in [2.45, 2.75) is 17.7 Å². The van der Waals surface area contributed by atoms with E-state index < -0.39 is 10.0 Å². The van der Waals surface area contributed by atoms with Crippen LogP contribution in [0.3, 0.4) is 0 Å². The van der Waals surface area contributed by atoms with Crippen LogP contribution >= 0.6 is 0 Å². The fourth-order valence-corrected chi connectivity index (χ4v) is 2.41. The molecule has 0 atom stereocenters. The Kier molecular flexibility index (Phi) is 5.52. The Labute approximate surface area is 108 Å². The van der Waals surface area contributed by atoms with Crippen molar-refractivity contribution in [1.29, 1.82) is 0 Å². The van der Waals surface area contributed by atoms with Crippen molar-refractivity contribution in [3.8, 4) is 0 Å². The van der Waals surface area contributed by atoms with Gasteiger partial charge >= 0.3 is 0 Å². The summed E-state index contributed by atoms with van der Waals surface area (Å²) in [6.07, 6.45) is 3.02. The zero-order valence-corrected chi connectivity index (χ0v) is 11.6. The van der Waals surface area contributed by atoms with Gasteiger partial charge in [-0.2, -0.15) is 0 Å². The minimum absolute atomic E-state index is 0.143. The number of nitrogen functional groups attached to an aromatic ring is 1. The highest BCUT2D eigenvalue weighted by molar-refractivity contribution is 7.89. The number of aromatic nitrogens is 1. The summed E-state index contributed by atoms with van der Waals surface area (Å²) in [5, 5.41) is 0. The highest BCUT2D eigenvalue weighted by Gasteiger charge is 2.13. The molecule has 1 heterocycles. The lowest BCUT2D eigenvalue weighted by molar-refractivity contribution is 0.394. The molecule has 1 aromatic heterocycles. The van der Waals surface area contributed by atoms with Gasteiger partial charge in [0, 0.05) is 12.7 Å². The Morgan fingerprint density at radius 2 is 2.06 bits per heavy atom. The second-order valence-corrected chi connectivity index (χ2v) is 6.09. The fourth-order valence-electron chi connectivity index (χ4n) is 1.39. The van der Waals surface area contributed by atoms with Gasteiger partial charge in [-0.3, -0.25) is 0 Å². The average molecular weight is 272 g/mol. The van der Waals surface area contributed by atoms with Gasteiger partial charge < -0.3 is 10.6 Å². The third-order valence-electron chi connectivity index (χ3n) is 2.39. The lowest BCUT2D eigenvalue weighted by Crippen LogP contribution is -2.25. The van der Waals surface area contributed by atoms with Gasteiger partial charge in [-0.1, -0.05) is 0 Å². The zero-order valence-electron chi connectivity index (χ0n) is 10.8. The molecule has 0 bridgehead atoms. The number of rotatable bonds is 7. The number of hydrogen-bond acceptors (Lipinski definition) is 5. The molecule has 102 valence electrons. The summed E-state index contributed by atoms with van der Waals surface area (Å²) in [4.78, 5) is 5.98. The molecule has 3 N–H and O–H groups in total. The number of nitrogens with two attached hydrogens (primary N) is 1. The van der Waals surface area contributed by atoms with Gasteiger partial charge in [0.2, 0.25) is 10.0 Å². The molecule has 18 heavy (non-hydrogen) atoms. The van der Waals surface area contributed by atoms with Gasteiger partial charge in [0.1, 0.15) is 10.7 Å². The van der Waals surface area contributed by atoms with Crippen LogP contribution in [-0.2, 0) is 10.0 Å². The SMILES string of the molecule is CN(C)CCCCNS(=O)(=O)c1ccc(N)nc1. The van der Waals surface area contributed by atoms with Gasteiger partial charge in [-0.15, -0.1) is 0 Å².